The molecule has 0 N–H and O–H groups in total. The van der Waals surface area contributed by atoms with Crippen LogP contribution in [-0.4, -0.2) is 5.97 Å². The molecule has 1 aromatic carbocycles. The third kappa shape index (κ3) is 6.69. The number of allylic oxidation sites excluding steroid dienone is 1. The summed E-state index contributed by atoms with van der Waals surface area (Å²) in [6.45, 7) is 6.11. The first-order chi connectivity index (χ1) is 10.8. The summed E-state index contributed by atoms with van der Waals surface area (Å²) in [6.07, 6.45) is 7.54. The summed E-state index contributed by atoms with van der Waals surface area (Å²) < 4.78 is 5.63. The standard InChI is InChI=1S/C19H22Cl2O2/c1-5-6-15-7-9-16(10-8-15)12-23-19(22)18(13(2)3)14(4)11-17(20)21/h1,7-11,13-14,18H,6,12H2,2-4H3. The van der Waals surface area contributed by atoms with Gasteiger partial charge in [0.15, 0.2) is 0 Å². The van der Waals surface area contributed by atoms with Crippen molar-refractivity contribution in [3.63, 3.8) is 0 Å². The normalized spacial score (nSPS) is 13.1. The van der Waals surface area contributed by atoms with Gasteiger partial charge in [-0.1, -0.05) is 74.3 Å². The molecule has 2 unspecified atom stereocenters. The monoisotopic (exact) mass is 352 g/mol. The highest BCUT2D eigenvalue weighted by atomic mass is 35.5. The highest BCUT2D eigenvalue weighted by Crippen LogP contribution is 2.26. The van der Waals surface area contributed by atoms with Gasteiger partial charge >= 0.3 is 5.97 Å². The number of benzene rings is 1. The van der Waals surface area contributed by atoms with E-state index >= 15 is 0 Å². The van der Waals surface area contributed by atoms with Gasteiger partial charge in [0, 0.05) is 6.42 Å². The first-order valence-electron chi connectivity index (χ1n) is 7.55. The molecule has 1 aromatic rings. The molecule has 0 bridgehead atoms. The van der Waals surface area contributed by atoms with Crippen molar-refractivity contribution in [1.29, 1.82) is 0 Å². The second-order valence-corrected chi connectivity index (χ2v) is 6.90. The van der Waals surface area contributed by atoms with Crippen LogP contribution in [0.25, 0.3) is 0 Å². The number of hydrogen-bond acceptors (Lipinski definition) is 2. The average Bonchev–Trinajstić information content (AvgIpc) is 2.45. The van der Waals surface area contributed by atoms with Gasteiger partial charge in [0.1, 0.15) is 11.1 Å². The van der Waals surface area contributed by atoms with Gasteiger partial charge in [-0.15, -0.1) is 12.3 Å². The maximum atomic E-state index is 12.4. The van der Waals surface area contributed by atoms with Crippen LogP contribution in [-0.2, 0) is 22.6 Å². The summed E-state index contributed by atoms with van der Waals surface area (Å²) in [5.41, 5.74) is 2.00. The molecule has 0 saturated heterocycles. The molecule has 0 amide bonds. The summed E-state index contributed by atoms with van der Waals surface area (Å²) in [5, 5.41) is 0. The van der Waals surface area contributed by atoms with E-state index in [1.807, 2.05) is 45.0 Å². The molecule has 0 aliphatic rings. The van der Waals surface area contributed by atoms with E-state index in [1.54, 1.807) is 6.08 Å². The highest BCUT2D eigenvalue weighted by Gasteiger charge is 2.28. The Morgan fingerprint density at radius 2 is 1.78 bits per heavy atom. The average molecular weight is 353 g/mol. The van der Waals surface area contributed by atoms with E-state index in [9.17, 15) is 4.79 Å². The molecule has 1 rings (SSSR count). The lowest BCUT2D eigenvalue weighted by atomic mass is 9.84. The molecule has 23 heavy (non-hydrogen) atoms. The Hall–Kier alpha value is -1.43. The third-order valence-electron chi connectivity index (χ3n) is 3.66. The van der Waals surface area contributed by atoms with Crippen molar-refractivity contribution in [3.8, 4) is 12.3 Å². The molecule has 0 aliphatic heterocycles. The molecular formula is C19H22Cl2O2. The molecule has 0 heterocycles. The Morgan fingerprint density at radius 1 is 1.22 bits per heavy atom. The third-order valence-corrected chi connectivity index (χ3v) is 3.91. The molecule has 0 fully saturated rings. The summed E-state index contributed by atoms with van der Waals surface area (Å²) in [6, 6.07) is 7.73. The predicted octanol–water partition coefficient (Wildman–Crippen LogP) is 5.13. The quantitative estimate of drug-likeness (QED) is 0.502. The lowest BCUT2D eigenvalue weighted by Gasteiger charge is -2.23. The van der Waals surface area contributed by atoms with Crippen molar-refractivity contribution in [2.45, 2.75) is 33.8 Å². The molecule has 2 nitrogen and oxygen atoms in total. The summed E-state index contributed by atoms with van der Waals surface area (Å²) >= 11 is 11.4. The van der Waals surface area contributed by atoms with Crippen molar-refractivity contribution in [1.82, 2.24) is 0 Å². The first kappa shape index (κ1) is 19.6. The molecule has 2 atom stereocenters. The molecule has 0 saturated carbocycles. The van der Waals surface area contributed by atoms with E-state index in [0.29, 0.717) is 6.42 Å². The Balaban J connectivity index is 2.69. The second kappa shape index (κ2) is 9.65. The van der Waals surface area contributed by atoms with E-state index < -0.39 is 0 Å². The van der Waals surface area contributed by atoms with Crippen LogP contribution in [0.3, 0.4) is 0 Å². The van der Waals surface area contributed by atoms with Crippen molar-refractivity contribution >= 4 is 29.2 Å². The zero-order valence-corrected chi connectivity index (χ0v) is 15.2. The molecule has 0 aromatic heterocycles. The molecule has 4 heteroatoms. The SMILES string of the molecule is C#CCc1ccc(COC(=O)C(C(C)C)C(C)C=C(Cl)Cl)cc1. The topological polar surface area (TPSA) is 26.3 Å². The maximum Gasteiger partial charge on any atom is 0.310 e. The van der Waals surface area contributed by atoms with Gasteiger partial charge in [0.25, 0.3) is 0 Å². The summed E-state index contributed by atoms with van der Waals surface area (Å²) in [4.78, 5) is 12.4. The fourth-order valence-corrected chi connectivity index (χ4v) is 2.92. The van der Waals surface area contributed by atoms with E-state index in [4.69, 9.17) is 34.4 Å². The highest BCUT2D eigenvalue weighted by molar-refractivity contribution is 6.55. The van der Waals surface area contributed by atoms with Crippen LogP contribution < -0.4 is 0 Å². The number of carbonyl (C=O) groups excluding carboxylic acids is 1. The zero-order valence-electron chi connectivity index (χ0n) is 13.7. The molecule has 0 aliphatic carbocycles. The minimum atomic E-state index is -0.289. The number of hydrogen-bond donors (Lipinski definition) is 0. The van der Waals surface area contributed by atoms with E-state index in [1.165, 1.54) is 0 Å². The van der Waals surface area contributed by atoms with Crippen LogP contribution in [0.15, 0.2) is 34.8 Å². The summed E-state index contributed by atoms with van der Waals surface area (Å²) in [5.74, 6) is 2.10. The number of esters is 1. The largest absolute Gasteiger partial charge is 0.461 e. The van der Waals surface area contributed by atoms with Crippen molar-refractivity contribution in [2.75, 3.05) is 0 Å². The van der Waals surface area contributed by atoms with Gasteiger partial charge in [0.05, 0.1) is 5.92 Å². The molecule has 0 radical (unpaired) electrons. The van der Waals surface area contributed by atoms with E-state index in [2.05, 4.69) is 5.92 Å². The maximum absolute atomic E-state index is 12.4. The van der Waals surface area contributed by atoms with Crippen LogP contribution in [0.1, 0.15) is 31.9 Å². The smallest absolute Gasteiger partial charge is 0.310 e. The van der Waals surface area contributed by atoms with Crippen LogP contribution in [0.4, 0.5) is 0 Å². The van der Waals surface area contributed by atoms with Crippen LogP contribution in [0, 0.1) is 30.1 Å². The fourth-order valence-electron chi connectivity index (χ4n) is 2.52. The number of rotatable bonds is 7. The Morgan fingerprint density at radius 3 is 2.26 bits per heavy atom. The van der Waals surface area contributed by atoms with E-state index in [0.717, 1.165) is 11.1 Å². The molecule has 0 spiro atoms. The minimum Gasteiger partial charge on any atom is -0.461 e. The first-order valence-corrected chi connectivity index (χ1v) is 8.31. The second-order valence-electron chi connectivity index (χ2n) is 5.89. The number of ether oxygens (including phenoxy) is 1. The van der Waals surface area contributed by atoms with Gasteiger partial charge in [-0.3, -0.25) is 4.79 Å². The summed E-state index contributed by atoms with van der Waals surface area (Å²) in [7, 11) is 0. The Kier molecular flexibility index (Phi) is 8.23. The zero-order chi connectivity index (χ0) is 17.4. The van der Waals surface area contributed by atoms with Gasteiger partial charge in [-0.25, -0.2) is 0 Å². The van der Waals surface area contributed by atoms with Crippen LogP contribution >= 0.6 is 23.2 Å². The lowest BCUT2D eigenvalue weighted by Crippen LogP contribution is -2.28. The number of halogens is 2. The van der Waals surface area contributed by atoms with Gasteiger partial charge in [0.2, 0.25) is 0 Å². The lowest BCUT2D eigenvalue weighted by molar-refractivity contribution is -0.152. The van der Waals surface area contributed by atoms with Crippen LogP contribution in [0.5, 0.6) is 0 Å². The number of carbonyl (C=O) groups is 1. The Labute approximate surface area is 148 Å². The van der Waals surface area contributed by atoms with Gasteiger partial charge in [-0.2, -0.15) is 0 Å². The minimum absolute atomic E-state index is 0.0921. The fraction of sp³-hybridized carbons (Fsp3) is 0.421. The van der Waals surface area contributed by atoms with Crippen molar-refractivity contribution < 1.29 is 9.53 Å². The van der Waals surface area contributed by atoms with Gasteiger partial charge in [-0.05, 0) is 23.0 Å². The number of terminal acetylenes is 1. The van der Waals surface area contributed by atoms with Crippen molar-refractivity contribution in [2.24, 2.45) is 17.8 Å². The van der Waals surface area contributed by atoms with E-state index in [-0.39, 0.29) is 34.8 Å². The van der Waals surface area contributed by atoms with Gasteiger partial charge < -0.3 is 4.74 Å². The molecule has 124 valence electrons. The Bertz CT molecular complexity index is 578. The predicted molar refractivity (Wildman–Crippen MR) is 96.1 cm³/mol. The van der Waals surface area contributed by atoms with Crippen molar-refractivity contribution in [3.05, 3.63) is 46.0 Å². The molecular weight excluding hydrogens is 331 g/mol. The van der Waals surface area contributed by atoms with Crippen LogP contribution in [0.2, 0.25) is 0 Å².